The molecule has 0 aliphatic carbocycles. The molecule has 1 amide bonds. The quantitative estimate of drug-likeness (QED) is 0.880. The van der Waals surface area contributed by atoms with E-state index in [2.05, 4.69) is 34.5 Å². The Kier molecular flexibility index (Phi) is 4.98. The summed E-state index contributed by atoms with van der Waals surface area (Å²) in [4.78, 5) is 16.0. The minimum Gasteiger partial charge on any atom is -0.378 e. The SMILES string of the molecule is CN(Cc1ccc(N(C)C)cc1)C(=O)C1CNCCO1. The molecule has 0 bridgehead atoms. The average molecular weight is 277 g/mol. The van der Waals surface area contributed by atoms with E-state index in [0.29, 0.717) is 19.7 Å². The van der Waals surface area contributed by atoms with E-state index in [9.17, 15) is 4.79 Å². The molecule has 1 saturated heterocycles. The number of hydrogen-bond donors (Lipinski definition) is 1. The highest BCUT2D eigenvalue weighted by atomic mass is 16.5. The van der Waals surface area contributed by atoms with Gasteiger partial charge in [0.2, 0.25) is 0 Å². The molecule has 1 atom stereocenters. The number of amides is 1. The van der Waals surface area contributed by atoms with Crippen LogP contribution in [0.4, 0.5) is 5.69 Å². The molecule has 2 rings (SSSR count). The largest absolute Gasteiger partial charge is 0.378 e. The van der Waals surface area contributed by atoms with Gasteiger partial charge >= 0.3 is 0 Å². The van der Waals surface area contributed by atoms with Crippen molar-refractivity contribution in [3.63, 3.8) is 0 Å². The topological polar surface area (TPSA) is 44.8 Å². The van der Waals surface area contributed by atoms with E-state index < -0.39 is 0 Å². The number of benzene rings is 1. The Morgan fingerprint density at radius 3 is 2.55 bits per heavy atom. The van der Waals surface area contributed by atoms with E-state index in [1.54, 1.807) is 4.90 Å². The molecule has 1 aliphatic heterocycles. The van der Waals surface area contributed by atoms with E-state index >= 15 is 0 Å². The molecule has 0 aromatic heterocycles. The number of carbonyl (C=O) groups is 1. The third kappa shape index (κ3) is 3.71. The molecular formula is C15H23N3O2. The molecule has 0 saturated carbocycles. The zero-order chi connectivity index (χ0) is 14.5. The van der Waals surface area contributed by atoms with Gasteiger partial charge in [0.05, 0.1) is 6.61 Å². The van der Waals surface area contributed by atoms with Crippen LogP contribution in [-0.2, 0) is 16.1 Å². The van der Waals surface area contributed by atoms with Crippen LogP contribution in [0.1, 0.15) is 5.56 Å². The smallest absolute Gasteiger partial charge is 0.253 e. The lowest BCUT2D eigenvalue weighted by Crippen LogP contribution is -2.48. The first-order chi connectivity index (χ1) is 9.58. The minimum absolute atomic E-state index is 0.0360. The number of anilines is 1. The Bertz CT molecular complexity index is 439. The van der Waals surface area contributed by atoms with Crippen LogP contribution in [0, 0.1) is 0 Å². The normalized spacial score (nSPS) is 18.6. The van der Waals surface area contributed by atoms with E-state index in [0.717, 1.165) is 17.8 Å². The van der Waals surface area contributed by atoms with Crippen molar-refractivity contribution >= 4 is 11.6 Å². The second kappa shape index (κ2) is 6.72. The van der Waals surface area contributed by atoms with Gasteiger partial charge in [0.15, 0.2) is 0 Å². The van der Waals surface area contributed by atoms with Crippen LogP contribution in [0.25, 0.3) is 0 Å². The van der Waals surface area contributed by atoms with Gasteiger partial charge < -0.3 is 19.9 Å². The summed E-state index contributed by atoms with van der Waals surface area (Å²) in [5, 5.41) is 3.18. The predicted molar refractivity (Wildman–Crippen MR) is 79.9 cm³/mol. The van der Waals surface area contributed by atoms with Crippen LogP contribution in [0.15, 0.2) is 24.3 Å². The highest BCUT2D eigenvalue weighted by Crippen LogP contribution is 2.14. The van der Waals surface area contributed by atoms with Gasteiger partial charge in [-0.2, -0.15) is 0 Å². The van der Waals surface area contributed by atoms with Gasteiger partial charge in [-0.15, -0.1) is 0 Å². The monoisotopic (exact) mass is 277 g/mol. The van der Waals surface area contributed by atoms with Crippen molar-refractivity contribution in [2.75, 3.05) is 45.7 Å². The maximum atomic E-state index is 12.2. The van der Waals surface area contributed by atoms with Crippen LogP contribution in [0.5, 0.6) is 0 Å². The van der Waals surface area contributed by atoms with Gasteiger partial charge in [0.1, 0.15) is 6.10 Å². The van der Waals surface area contributed by atoms with Gasteiger partial charge in [-0.3, -0.25) is 4.79 Å². The van der Waals surface area contributed by atoms with Gasteiger partial charge in [-0.1, -0.05) is 12.1 Å². The predicted octanol–water partition coefficient (Wildman–Crippen LogP) is 0.699. The highest BCUT2D eigenvalue weighted by Gasteiger charge is 2.24. The number of ether oxygens (including phenoxy) is 1. The summed E-state index contributed by atoms with van der Waals surface area (Å²) in [7, 11) is 5.84. The molecule has 5 heteroatoms. The molecule has 1 heterocycles. The molecule has 1 fully saturated rings. The van der Waals surface area contributed by atoms with Crippen molar-refractivity contribution in [1.82, 2.24) is 10.2 Å². The lowest BCUT2D eigenvalue weighted by molar-refractivity contribution is -0.144. The summed E-state index contributed by atoms with van der Waals surface area (Å²) >= 11 is 0. The summed E-state index contributed by atoms with van der Waals surface area (Å²) in [6.07, 6.45) is -0.352. The fourth-order valence-electron chi connectivity index (χ4n) is 2.22. The number of rotatable bonds is 4. The van der Waals surface area contributed by atoms with Crippen molar-refractivity contribution in [2.24, 2.45) is 0 Å². The van der Waals surface area contributed by atoms with Crippen molar-refractivity contribution in [3.8, 4) is 0 Å². The summed E-state index contributed by atoms with van der Waals surface area (Å²) < 4.78 is 5.49. The second-order valence-corrected chi connectivity index (χ2v) is 5.32. The third-order valence-corrected chi connectivity index (χ3v) is 3.45. The van der Waals surface area contributed by atoms with Crippen LogP contribution >= 0.6 is 0 Å². The molecule has 1 N–H and O–H groups in total. The van der Waals surface area contributed by atoms with Crippen LogP contribution in [0.2, 0.25) is 0 Å². The number of hydrogen-bond acceptors (Lipinski definition) is 4. The molecule has 110 valence electrons. The summed E-state index contributed by atoms with van der Waals surface area (Å²) in [6.45, 7) is 2.62. The number of morpholine rings is 1. The number of nitrogens with zero attached hydrogens (tertiary/aromatic N) is 2. The summed E-state index contributed by atoms with van der Waals surface area (Å²) in [5.41, 5.74) is 2.28. The van der Waals surface area contributed by atoms with E-state index in [-0.39, 0.29) is 12.0 Å². The maximum absolute atomic E-state index is 12.2. The molecular weight excluding hydrogens is 254 g/mol. The zero-order valence-electron chi connectivity index (χ0n) is 12.4. The highest BCUT2D eigenvalue weighted by molar-refractivity contribution is 5.81. The molecule has 1 aromatic carbocycles. The van der Waals surface area contributed by atoms with Gasteiger partial charge in [-0.25, -0.2) is 0 Å². The Balaban J connectivity index is 1.92. The molecule has 1 unspecified atom stereocenters. The lowest BCUT2D eigenvalue weighted by Gasteiger charge is -2.27. The molecule has 0 spiro atoms. The van der Waals surface area contributed by atoms with Crippen LogP contribution in [0.3, 0.4) is 0 Å². The Hall–Kier alpha value is -1.59. The average Bonchev–Trinajstić information content (AvgIpc) is 2.48. The van der Waals surface area contributed by atoms with Crippen LogP contribution in [-0.4, -0.2) is 57.8 Å². The standard InChI is InChI=1S/C15H23N3O2/c1-17(2)13-6-4-12(5-7-13)11-18(3)15(19)14-10-16-8-9-20-14/h4-7,14,16H,8-11H2,1-3H3. The van der Waals surface area contributed by atoms with Crippen molar-refractivity contribution in [1.29, 1.82) is 0 Å². The maximum Gasteiger partial charge on any atom is 0.253 e. The van der Waals surface area contributed by atoms with Gasteiger partial charge in [0, 0.05) is 46.5 Å². The van der Waals surface area contributed by atoms with Crippen molar-refractivity contribution in [2.45, 2.75) is 12.6 Å². The second-order valence-electron chi connectivity index (χ2n) is 5.32. The molecule has 1 aromatic rings. The zero-order valence-corrected chi connectivity index (χ0v) is 12.4. The molecule has 1 aliphatic rings. The molecule has 5 nitrogen and oxygen atoms in total. The van der Waals surface area contributed by atoms with Crippen molar-refractivity contribution < 1.29 is 9.53 Å². The Morgan fingerprint density at radius 2 is 2.00 bits per heavy atom. The van der Waals surface area contributed by atoms with E-state index in [4.69, 9.17) is 4.74 Å². The number of carbonyl (C=O) groups excluding carboxylic acids is 1. The van der Waals surface area contributed by atoms with E-state index in [1.165, 1.54) is 0 Å². The fraction of sp³-hybridized carbons (Fsp3) is 0.533. The summed E-state index contributed by atoms with van der Waals surface area (Å²) in [6, 6.07) is 8.23. The minimum atomic E-state index is -0.352. The molecule has 0 radical (unpaired) electrons. The number of nitrogens with one attached hydrogen (secondary N) is 1. The number of likely N-dealkylation sites (N-methyl/N-ethyl adjacent to an activating group) is 1. The Morgan fingerprint density at radius 1 is 1.30 bits per heavy atom. The van der Waals surface area contributed by atoms with E-state index in [1.807, 2.05) is 21.1 Å². The third-order valence-electron chi connectivity index (χ3n) is 3.45. The first-order valence-electron chi connectivity index (χ1n) is 6.91. The fourth-order valence-corrected chi connectivity index (χ4v) is 2.22. The van der Waals surface area contributed by atoms with Gasteiger partial charge in [-0.05, 0) is 17.7 Å². The summed E-state index contributed by atoms with van der Waals surface area (Å²) in [5.74, 6) is 0.0360. The van der Waals surface area contributed by atoms with Crippen molar-refractivity contribution in [3.05, 3.63) is 29.8 Å². The Labute approximate surface area is 120 Å². The van der Waals surface area contributed by atoms with Gasteiger partial charge in [0.25, 0.3) is 5.91 Å². The first-order valence-corrected chi connectivity index (χ1v) is 6.91. The molecule has 20 heavy (non-hydrogen) atoms. The van der Waals surface area contributed by atoms with Crippen LogP contribution < -0.4 is 10.2 Å². The first kappa shape index (κ1) is 14.8. The lowest BCUT2D eigenvalue weighted by atomic mass is 10.1.